The molecular weight excluding hydrogens is 752 g/mol. The fourth-order valence-electron chi connectivity index (χ4n) is 8.54. The van der Waals surface area contributed by atoms with Gasteiger partial charge < -0.3 is 9.13 Å². The summed E-state index contributed by atoms with van der Waals surface area (Å²) in [6, 6.07) is 55.7. The molecule has 0 saturated carbocycles. The van der Waals surface area contributed by atoms with Crippen molar-refractivity contribution in [3.05, 3.63) is 198 Å². The van der Waals surface area contributed by atoms with Crippen molar-refractivity contribution in [3.63, 3.8) is 0 Å². The molecule has 0 aliphatic rings. The molecule has 0 aliphatic heterocycles. The van der Waals surface area contributed by atoms with Crippen LogP contribution in [0, 0.1) is 29.2 Å². The lowest BCUT2D eigenvalue weighted by Crippen LogP contribution is -2.11. The fourth-order valence-corrected chi connectivity index (χ4v) is 8.54. The molecule has 0 amide bonds. The molecule has 5 nitrogen and oxygen atoms in total. The van der Waals surface area contributed by atoms with E-state index in [-0.39, 0.29) is 11.1 Å². The minimum atomic E-state index is -4.71. The number of halogens is 3. The topological polar surface area (TPSA) is 61.8 Å². The van der Waals surface area contributed by atoms with Crippen LogP contribution in [0.1, 0.15) is 16.7 Å². The number of benzene rings is 8. The molecule has 10 aromatic rings. The lowest BCUT2D eigenvalue weighted by molar-refractivity contribution is -0.137. The van der Waals surface area contributed by atoms with E-state index >= 15 is 13.2 Å². The van der Waals surface area contributed by atoms with Gasteiger partial charge in [-0.05, 0) is 82.4 Å². The molecule has 0 atom stereocenters. The maximum atomic E-state index is 15.3. The van der Waals surface area contributed by atoms with E-state index in [0.717, 1.165) is 71.9 Å². The Morgan fingerprint density at radius 1 is 0.467 bits per heavy atom. The Kier molecular flexibility index (Phi) is 8.35. The first-order valence-electron chi connectivity index (χ1n) is 19.1. The average Bonchev–Trinajstić information content (AvgIpc) is 3.80. The molecule has 0 saturated heterocycles. The Bertz CT molecular complexity index is 3300. The number of aromatic nitrogens is 2. The Labute approximate surface area is 342 Å². The number of alkyl halides is 3. The van der Waals surface area contributed by atoms with Crippen molar-refractivity contribution in [1.29, 1.82) is 10.5 Å². The molecule has 2 aromatic heterocycles. The van der Waals surface area contributed by atoms with Crippen LogP contribution in [0.2, 0.25) is 0 Å². The first-order valence-corrected chi connectivity index (χ1v) is 19.1. The summed E-state index contributed by atoms with van der Waals surface area (Å²) in [6.07, 6.45) is -4.71. The highest BCUT2D eigenvalue weighted by Gasteiger charge is 2.35. The van der Waals surface area contributed by atoms with Crippen LogP contribution in [0.5, 0.6) is 0 Å². The summed E-state index contributed by atoms with van der Waals surface area (Å²) in [6.45, 7) is 7.43. The van der Waals surface area contributed by atoms with Crippen LogP contribution in [0.3, 0.4) is 0 Å². The first kappa shape index (κ1) is 36.0. The van der Waals surface area contributed by atoms with E-state index in [1.54, 1.807) is 42.5 Å². The second-order valence-corrected chi connectivity index (χ2v) is 14.6. The van der Waals surface area contributed by atoms with Crippen LogP contribution in [-0.4, -0.2) is 9.13 Å². The zero-order chi connectivity index (χ0) is 41.1. The Morgan fingerprint density at radius 3 is 1.42 bits per heavy atom. The second kappa shape index (κ2) is 13.9. The largest absolute Gasteiger partial charge is 0.417 e. The van der Waals surface area contributed by atoms with Crippen molar-refractivity contribution in [2.45, 2.75) is 6.18 Å². The smallest absolute Gasteiger partial charge is 0.308 e. The van der Waals surface area contributed by atoms with Gasteiger partial charge in [0.2, 0.25) is 0 Å². The van der Waals surface area contributed by atoms with Gasteiger partial charge in [-0.1, -0.05) is 115 Å². The van der Waals surface area contributed by atoms with Gasteiger partial charge in [-0.2, -0.15) is 23.7 Å². The van der Waals surface area contributed by atoms with Crippen LogP contribution < -0.4 is 0 Å². The minimum Gasteiger partial charge on any atom is -0.308 e. The summed E-state index contributed by atoms with van der Waals surface area (Å²) in [5.41, 5.74) is 7.98. The SMILES string of the molecule is [C-]#[N+]c1ccc(-c2ccc3c4ccccc4n(-c4cc(C#N)cc(-n5c6ccccc6c6ccc(-c7ccc(C#N)cc7)cc65)c4-c4ccccc4C(F)(F)F)c3c2)cc1. The zero-order valence-electron chi connectivity index (χ0n) is 31.5. The van der Waals surface area contributed by atoms with Gasteiger partial charge in [0.1, 0.15) is 0 Å². The van der Waals surface area contributed by atoms with Gasteiger partial charge in [0, 0.05) is 27.1 Å². The lowest BCUT2D eigenvalue weighted by Gasteiger charge is -2.23. The average molecular weight is 780 g/mol. The van der Waals surface area contributed by atoms with E-state index in [0.29, 0.717) is 28.2 Å². The molecule has 60 heavy (non-hydrogen) atoms. The van der Waals surface area contributed by atoms with Gasteiger partial charge in [-0.15, -0.1) is 0 Å². The van der Waals surface area contributed by atoms with Crippen molar-refractivity contribution in [2.24, 2.45) is 0 Å². The Balaban J connectivity index is 1.37. The van der Waals surface area contributed by atoms with E-state index < -0.39 is 11.7 Å². The minimum absolute atomic E-state index is 0.0366. The molecule has 10 rings (SSSR count). The van der Waals surface area contributed by atoms with E-state index in [9.17, 15) is 10.5 Å². The summed E-state index contributed by atoms with van der Waals surface area (Å²) < 4.78 is 49.9. The number of hydrogen-bond donors (Lipinski definition) is 0. The monoisotopic (exact) mass is 779 g/mol. The van der Waals surface area contributed by atoms with E-state index in [4.69, 9.17) is 6.57 Å². The number of nitrogens with zero attached hydrogens (tertiary/aromatic N) is 5. The predicted octanol–water partition coefficient (Wildman–Crippen LogP) is 14.2. The third kappa shape index (κ3) is 5.77. The van der Waals surface area contributed by atoms with Gasteiger partial charge in [-0.3, -0.25) is 0 Å². The summed E-state index contributed by atoms with van der Waals surface area (Å²) in [5.74, 6) is 0. The quantitative estimate of drug-likeness (QED) is 0.163. The van der Waals surface area contributed by atoms with Crippen LogP contribution in [0.25, 0.3) is 93.2 Å². The molecule has 8 heteroatoms. The number of nitriles is 2. The van der Waals surface area contributed by atoms with Crippen molar-refractivity contribution in [1.82, 2.24) is 9.13 Å². The summed E-state index contributed by atoms with van der Waals surface area (Å²) in [4.78, 5) is 3.54. The normalized spacial score (nSPS) is 11.5. The summed E-state index contributed by atoms with van der Waals surface area (Å²) >= 11 is 0. The molecule has 0 fully saturated rings. The third-order valence-electron chi connectivity index (χ3n) is 11.2. The summed E-state index contributed by atoms with van der Waals surface area (Å²) in [7, 11) is 0. The number of hydrogen-bond acceptors (Lipinski definition) is 2. The number of rotatable bonds is 5. The zero-order valence-corrected chi connectivity index (χ0v) is 31.5. The van der Waals surface area contributed by atoms with Gasteiger partial charge >= 0.3 is 6.18 Å². The number of para-hydroxylation sites is 2. The van der Waals surface area contributed by atoms with Crippen molar-refractivity contribution in [2.75, 3.05) is 0 Å². The van der Waals surface area contributed by atoms with Crippen LogP contribution in [0.4, 0.5) is 18.9 Å². The van der Waals surface area contributed by atoms with Crippen LogP contribution in [0.15, 0.2) is 170 Å². The standard InChI is InChI=1S/C52H28F3N5/c1-58-38-22-18-35(19-23-38)37-21-25-42-40-9-4-7-13-46(40)60(48(42)29-37)50-27-33(31-57)26-49(51(50)43-10-2-5-11-44(43)52(53,54)55)59-45-12-6-3-8-39(45)41-24-20-36(28-47(41)59)34-16-14-32(30-56)15-17-34/h2-29H. The lowest BCUT2D eigenvalue weighted by atomic mass is 9.94. The molecule has 282 valence electrons. The molecule has 0 N–H and O–H groups in total. The van der Waals surface area contributed by atoms with Gasteiger partial charge in [0.15, 0.2) is 5.69 Å². The van der Waals surface area contributed by atoms with E-state index in [2.05, 4.69) is 17.0 Å². The van der Waals surface area contributed by atoms with Gasteiger partial charge in [-0.25, -0.2) is 4.85 Å². The first-order chi connectivity index (χ1) is 29.2. The number of fused-ring (bicyclic) bond motifs is 6. The highest BCUT2D eigenvalue weighted by molar-refractivity contribution is 6.13. The molecule has 0 radical (unpaired) electrons. The highest BCUT2D eigenvalue weighted by atomic mass is 19.4. The van der Waals surface area contributed by atoms with E-state index in [1.807, 2.05) is 118 Å². The molecular formula is C52H28F3N5. The van der Waals surface area contributed by atoms with Crippen molar-refractivity contribution >= 4 is 49.3 Å². The third-order valence-corrected chi connectivity index (χ3v) is 11.2. The second-order valence-electron chi connectivity index (χ2n) is 14.6. The Hall–Kier alpha value is -8.38. The molecule has 0 aliphatic carbocycles. The van der Waals surface area contributed by atoms with Gasteiger partial charge in [0.05, 0.1) is 68.8 Å². The highest BCUT2D eigenvalue weighted by Crippen LogP contribution is 2.47. The van der Waals surface area contributed by atoms with Crippen molar-refractivity contribution in [3.8, 4) is 56.9 Å². The maximum absolute atomic E-state index is 15.3. The summed E-state index contributed by atoms with van der Waals surface area (Å²) in [5, 5.41) is 23.8. The fraction of sp³-hybridized carbons (Fsp3) is 0.0192. The van der Waals surface area contributed by atoms with Crippen LogP contribution in [-0.2, 0) is 6.18 Å². The molecule has 0 bridgehead atoms. The predicted molar refractivity (Wildman–Crippen MR) is 232 cm³/mol. The molecule has 2 heterocycles. The molecule has 0 spiro atoms. The Morgan fingerprint density at radius 2 is 0.917 bits per heavy atom. The molecule has 8 aromatic carbocycles. The van der Waals surface area contributed by atoms with Gasteiger partial charge in [0.25, 0.3) is 0 Å². The van der Waals surface area contributed by atoms with Crippen LogP contribution >= 0.6 is 0 Å². The maximum Gasteiger partial charge on any atom is 0.417 e. The van der Waals surface area contributed by atoms with Crippen molar-refractivity contribution < 1.29 is 13.2 Å². The van der Waals surface area contributed by atoms with E-state index in [1.165, 1.54) is 12.1 Å². The molecule has 0 unspecified atom stereocenters.